The number of nitriles is 1. The van der Waals surface area contributed by atoms with Gasteiger partial charge in [0.15, 0.2) is 6.61 Å². The van der Waals surface area contributed by atoms with Crippen molar-refractivity contribution in [3.63, 3.8) is 0 Å². The number of carbonyl (C=O) groups excluding carboxylic acids is 1. The number of aromatic nitrogens is 2. The number of hydrogen-bond donors (Lipinski definition) is 3. The first-order valence-corrected chi connectivity index (χ1v) is 11.9. The summed E-state index contributed by atoms with van der Waals surface area (Å²) < 4.78 is 7.20. The summed E-state index contributed by atoms with van der Waals surface area (Å²) >= 11 is 0. The first kappa shape index (κ1) is 24.6. The lowest BCUT2D eigenvalue weighted by molar-refractivity contribution is -0.118. The number of H-pyrrole nitrogens is 1. The zero-order valence-corrected chi connectivity index (χ0v) is 20.2. The van der Waals surface area contributed by atoms with Crippen molar-refractivity contribution >= 4 is 23.1 Å². The molecular weight excluding hydrogens is 460 g/mol. The Kier molecular flexibility index (Phi) is 7.39. The highest BCUT2D eigenvalue weighted by molar-refractivity contribution is 5.91. The Labute approximate surface area is 208 Å². The van der Waals surface area contributed by atoms with E-state index < -0.39 is 11.2 Å². The maximum Gasteiger partial charge on any atom is 0.330 e. The highest BCUT2D eigenvalue weighted by Gasteiger charge is 2.34. The minimum absolute atomic E-state index is 0.174. The number of anilines is 3. The van der Waals surface area contributed by atoms with E-state index in [1.54, 1.807) is 41.0 Å². The molecule has 10 heteroatoms. The summed E-state index contributed by atoms with van der Waals surface area (Å²) in [4.78, 5) is 41.7. The minimum atomic E-state index is -0.423. The van der Waals surface area contributed by atoms with Crippen molar-refractivity contribution in [3.05, 3.63) is 80.5 Å². The number of nitrogens with zero attached hydrogens (tertiary/aromatic N) is 3. The van der Waals surface area contributed by atoms with Crippen LogP contribution in [0.2, 0.25) is 0 Å². The van der Waals surface area contributed by atoms with Gasteiger partial charge in [0, 0.05) is 18.8 Å². The number of hydrogen-bond acceptors (Lipinski definition) is 7. The maximum absolute atomic E-state index is 12.7. The number of carbonyl (C=O) groups is 1. The molecule has 2 aromatic carbocycles. The van der Waals surface area contributed by atoms with Crippen molar-refractivity contribution in [3.8, 4) is 11.8 Å². The van der Waals surface area contributed by atoms with Gasteiger partial charge in [0.05, 0.1) is 11.6 Å². The van der Waals surface area contributed by atoms with Crippen molar-refractivity contribution in [2.75, 3.05) is 28.7 Å². The number of nitrogens with one attached hydrogen (secondary N) is 3. The van der Waals surface area contributed by atoms with Crippen LogP contribution in [0.25, 0.3) is 0 Å². The van der Waals surface area contributed by atoms with Crippen LogP contribution in [-0.4, -0.2) is 28.6 Å². The van der Waals surface area contributed by atoms with Crippen molar-refractivity contribution in [2.24, 2.45) is 0 Å². The largest absolute Gasteiger partial charge is 0.484 e. The molecule has 1 aromatic heterocycles. The summed E-state index contributed by atoms with van der Waals surface area (Å²) in [5.74, 6) is 0.731. The molecule has 0 spiro atoms. The van der Waals surface area contributed by atoms with Gasteiger partial charge >= 0.3 is 5.69 Å². The summed E-state index contributed by atoms with van der Waals surface area (Å²) in [6.45, 7) is 4.96. The Balaban J connectivity index is 1.46. The Morgan fingerprint density at radius 1 is 1.06 bits per heavy atom. The average molecular weight is 489 g/mol. The maximum atomic E-state index is 12.7. The van der Waals surface area contributed by atoms with E-state index in [4.69, 9.17) is 10.00 Å². The second-order valence-electron chi connectivity index (χ2n) is 8.44. The molecule has 3 aromatic rings. The Hall–Kier alpha value is -4.52. The molecule has 1 amide bonds. The van der Waals surface area contributed by atoms with Crippen molar-refractivity contribution in [1.29, 1.82) is 5.26 Å². The van der Waals surface area contributed by atoms with Gasteiger partial charge < -0.3 is 20.3 Å². The lowest BCUT2D eigenvalue weighted by Crippen LogP contribution is -2.34. The van der Waals surface area contributed by atoms with Gasteiger partial charge in [-0.2, -0.15) is 5.26 Å². The molecule has 0 bridgehead atoms. The number of rotatable bonds is 9. The molecule has 0 fully saturated rings. The van der Waals surface area contributed by atoms with E-state index in [1.807, 2.05) is 36.9 Å². The second kappa shape index (κ2) is 10.8. The quantitative estimate of drug-likeness (QED) is 0.421. The Bertz CT molecular complexity index is 1390. The van der Waals surface area contributed by atoms with E-state index in [0.29, 0.717) is 41.6 Å². The normalized spacial score (nSPS) is 14.0. The Morgan fingerprint density at radius 2 is 1.75 bits per heavy atom. The minimum Gasteiger partial charge on any atom is -0.484 e. The molecule has 1 aliphatic rings. The van der Waals surface area contributed by atoms with Crippen molar-refractivity contribution in [2.45, 2.75) is 39.4 Å². The molecule has 0 aliphatic carbocycles. The number of amides is 1. The predicted molar refractivity (Wildman–Crippen MR) is 137 cm³/mol. The van der Waals surface area contributed by atoms with Gasteiger partial charge in [-0.3, -0.25) is 19.1 Å². The third kappa shape index (κ3) is 5.10. The first-order chi connectivity index (χ1) is 17.4. The predicted octanol–water partition coefficient (Wildman–Crippen LogP) is 3.18. The molecule has 1 unspecified atom stereocenters. The fourth-order valence-electron chi connectivity index (χ4n) is 4.21. The zero-order chi connectivity index (χ0) is 25.7. The van der Waals surface area contributed by atoms with E-state index in [2.05, 4.69) is 15.6 Å². The van der Waals surface area contributed by atoms with Crippen molar-refractivity contribution < 1.29 is 9.53 Å². The lowest BCUT2D eigenvalue weighted by atomic mass is 10.1. The molecule has 0 radical (unpaired) electrons. The highest BCUT2D eigenvalue weighted by Crippen LogP contribution is 2.38. The molecule has 0 saturated heterocycles. The monoisotopic (exact) mass is 488 g/mol. The zero-order valence-electron chi connectivity index (χ0n) is 20.2. The summed E-state index contributed by atoms with van der Waals surface area (Å²) in [7, 11) is 0. The number of benzene rings is 2. The summed E-state index contributed by atoms with van der Waals surface area (Å²) in [6.07, 6.45) is 1.25. The van der Waals surface area contributed by atoms with Gasteiger partial charge in [0.1, 0.15) is 23.4 Å². The van der Waals surface area contributed by atoms with Crippen LogP contribution in [0.3, 0.4) is 0 Å². The highest BCUT2D eigenvalue weighted by atomic mass is 16.5. The van der Waals surface area contributed by atoms with Gasteiger partial charge in [0.2, 0.25) is 0 Å². The smallest absolute Gasteiger partial charge is 0.330 e. The fraction of sp³-hybridized carbons (Fsp3) is 0.308. The summed E-state index contributed by atoms with van der Waals surface area (Å²) in [5, 5.41) is 15.0. The fourth-order valence-corrected chi connectivity index (χ4v) is 4.21. The van der Waals surface area contributed by atoms with Crippen LogP contribution in [0.5, 0.6) is 5.75 Å². The molecule has 3 N–H and O–H groups in total. The van der Waals surface area contributed by atoms with Crippen LogP contribution in [0, 0.1) is 11.3 Å². The molecule has 36 heavy (non-hydrogen) atoms. The van der Waals surface area contributed by atoms with Gasteiger partial charge in [-0.05, 0) is 54.8 Å². The van der Waals surface area contributed by atoms with Crippen LogP contribution >= 0.6 is 0 Å². The van der Waals surface area contributed by atoms with Crippen LogP contribution in [0.1, 0.15) is 44.0 Å². The standard InChI is InChI=1S/C26H28N6O4/c1-3-13-31-22-24(32(14-4-2)26(35)30-25(22)34)29-23(31)18-7-11-20(12-8-18)36-16-21(33)28-19-9-5-17(15-27)6-10-19/h5-12,23,29H,3-4,13-14,16H2,1-2H3,(H,28,33)(H,30,34,35). The summed E-state index contributed by atoms with van der Waals surface area (Å²) in [5.41, 5.74) is 1.63. The van der Waals surface area contributed by atoms with Crippen LogP contribution in [-0.2, 0) is 11.3 Å². The number of ether oxygens (including phenoxy) is 1. The SMILES string of the molecule is CCCN1c2c(n(CCC)c(=O)[nH]c2=O)NC1c1ccc(OCC(=O)Nc2ccc(C#N)cc2)cc1. The molecular formula is C26H28N6O4. The molecule has 1 atom stereocenters. The van der Waals surface area contributed by atoms with E-state index >= 15 is 0 Å². The third-order valence-corrected chi connectivity index (χ3v) is 5.82. The lowest BCUT2D eigenvalue weighted by Gasteiger charge is -2.26. The molecule has 1 aliphatic heterocycles. The van der Waals surface area contributed by atoms with Crippen LogP contribution in [0.4, 0.5) is 17.2 Å². The second-order valence-corrected chi connectivity index (χ2v) is 8.44. The van der Waals surface area contributed by atoms with Gasteiger partial charge in [-0.1, -0.05) is 26.0 Å². The molecule has 0 saturated carbocycles. The van der Waals surface area contributed by atoms with E-state index in [9.17, 15) is 14.4 Å². The molecule has 186 valence electrons. The molecule has 4 rings (SSSR count). The Morgan fingerprint density at radius 3 is 2.39 bits per heavy atom. The third-order valence-electron chi connectivity index (χ3n) is 5.82. The topological polar surface area (TPSA) is 132 Å². The van der Waals surface area contributed by atoms with Gasteiger partial charge in [-0.15, -0.1) is 0 Å². The van der Waals surface area contributed by atoms with Gasteiger partial charge in [-0.25, -0.2) is 4.79 Å². The number of fused-ring (bicyclic) bond motifs is 1. The van der Waals surface area contributed by atoms with Crippen LogP contribution < -0.4 is 31.5 Å². The van der Waals surface area contributed by atoms with E-state index in [1.165, 1.54) is 0 Å². The first-order valence-electron chi connectivity index (χ1n) is 11.9. The molecule has 2 heterocycles. The summed E-state index contributed by atoms with van der Waals surface area (Å²) in [6, 6.07) is 15.9. The van der Waals surface area contributed by atoms with Crippen LogP contribution in [0.15, 0.2) is 58.1 Å². The average Bonchev–Trinajstić information content (AvgIpc) is 3.26. The number of aromatic amines is 1. The van der Waals surface area contributed by atoms with E-state index in [0.717, 1.165) is 18.4 Å². The van der Waals surface area contributed by atoms with Crippen molar-refractivity contribution in [1.82, 2.24) is 9.55 Å². The van der Waals surface area contributed by atoms with E-state index in [-0.39, 0.29) is 18.7 Å². The van der Waals surface area contributed by atoms with Gasteiger partial charge in [0.25, 0.3) is 11.5 Å². The molecule has 10 nitrogen and oxygen atoms in total.